The Bertz CT molecular complexity index is 1290. The average Bonchev–Trinajstić information content (AvgIpc) is 3.23. The molecule has 1 amide bonds. The number of fused-ring (bicyclic) bond motifs is 3. The first kappa shape index (κ1) is 20.7. The monoisotopic (exact) mass is 444 g/mol. The Morgan fingerprint density at radius 2 is 1.84 bits per heavy atom. The minimum Gasteiger partial charge on any atom is -0.326 e. The van der Waals surface area contributed by atoms with Crippen LogP contribution in [0.1, 0.15) is 37.9 Å². The van der Waals surface area contributed by atoms with Gasteiger partial charge in [-0.1, -0.05) is 49.2 Å². The highest BCUT2D eigenvalue weighted by Crippen LogP contribution is 2.36. The normalized spacial score (nSPS) is 15.5. The quantitative estimate of drug-likeness (QED) is 0.408. The van der Waals surface area contributed by atoms with Gasteiger partial charge in [0, 0.05) is 40.0 Å². The van der Waals surface area contributed by atoms with Gasteiger partial charge in [-0.05, 0) is 55.0 Å². The van der Waals surface area contributed by atoms with Gasteiger partial charge in [-0.2, -0.15) is 5.10 Å². The molecular weight excluding hydrogens is 420 g/mol. The molecule has 0 saturated carbocycles. The zero-order chi connectivity index (χ0) is 22.2. The number of rotatable bonds is 4. The van der Waals surface area contributed by atoms with E-state index >= 15 is 0 Å². The van der Waals surface area contributed by atoms with Gasteiger partial charge < -0.3 is 5.32 Å². The maximum Gasteiger partial charge on any atom is 0.221 e. The van der Waals surface area contributed by atoms with Crippen LogP contribution in [0.4, 0.5) is 5.69 Å². The van der Waals surface area contributed by atoms with Gasteiger partial charge in [-0.25, -0.2) is 9.50 Å². The van der Waals surface area contributed by atoms with E-state index in [1.54, 1.807) is 0 Å². The lowest BCUT2D eigenvalue weighted by molar-refractivity contribution is -0.114. The van der Waals surface area contributed by atoms with Crippen LogP contribution < -0.4 is 5.32 Å². The Labute approximate surface area is 192 Å². The summed E-state index contributed by atoms with van der Waals surface area (Å²) in [5.41, 5.74) is 8.29. The number of halogens is 1. The van der Waals surface area contributed by atoms with Gasteiger partial charge in [-0.3, -0.25) is 4.79 Å². The Kier molecular flexibility index (Phi) is 5.43. The lowest BCUT2D eigenvalue weighted by atomic mass is 9.83. The van der Waals surface area contributed by atoms with E-state index in [2.05, 4.69) is 12.2 Å². The highest BCUT2D eigenvalue weighted by molar-refractivity contribution is 6.30. The summed E-state index contributed by atoms with van der Waals surface area (Å²) in [4.78, 5) is 16.6. The summed E-state index contributed by atoms with van der Waals surface area (Å²) >= 11 is 6.10. The van der Waals surface area contributed by atoms with E-state index in [0.717, 1.165) is 53.0 Å². The van der Waals surface area contributed by atoms with E-state index in [1.807, 2.05) is 59.2 Å². The molecule has 0 radical (unpaired) electrons. The number of hydrogen-bond acceptors (Lipinski definition) is 3. The number of amides is 1. The van der Waals surface area contributed by atoms with Gasteiger partial charge >= 0.3 is 0 Å². The van der Waals surface area contributed by atoms with Crippen LogP contribution in [-0.4, -0.2) is 20.5 Å². The van der Waals surface area contributed by atoms with E-state index in [-0.39, 0.29) is 5.91 Å². The molecule has 162 valence electrons. The smallest absolute Gasteiger partial charge is 0.221 e. The van der Waals surface area contributed by atoms with Crippen molar-refractivity contribution in [1.29, 1.82) is 0 Å². The van der Waals surface area contributed by atoms with Crippen molar-refractivity contribution in [2.75, 3.05) is 5.32 Å². The molecular formula is C26H25ClN4O. The van der Waals surface area contributed by atoms with Crippen LogP contribution in [-0.2, 0) is 17.6 Å². The third-order valence-electron chi connectivity index (χ3n) is 6.34. The summed E-state index contributed by atoms with van der Waals surface area (Å²) in [6, 6.07) is 15.8. The number of nitrogens with zero attached hydrogens (tertiary/aromatic N) is 3. The topological polar surface area (TPSA) is 59.3 Å². The van der Waals surface area contributed by atoms with Crippen molar-refractivity contribution in [1.82, 2.24) is 14.6 Å². The largest absolute Gasteiger partial charge is 0.326 e. The van der Waals surface area contributed by atoms with Crippen molar-refractivity contribution in [3.63, 3.8) is 0 Å². The third kappa shape index (κ3) is 3.78. The zero-order valence-corrected chi connectivity index (χ0v) is 19.0. The molecule has 2 heterocycles. The molecule has 1 aliphatic rings. The summed E-state index contributed by atoms with van der Waals surface area (Å²) < 4.78 is 2.03. The molecule has 6 heteroatoms. The van der Waals surface area contributed by atoms with E-state index in [1.165, 1.54) is 24.6 Å². The molecule has 32 heavy (non-hydrogen) atoms. The fraction of sp³-hybridized carbons (Fsp3) is 0.269. The predicted molar refractivity (Wildman–Crippen MR) is 129 cm³/mol. The highest BCUT2D eigenvalue weighted by Gasteiger charge is 2.26. The van der Waals surface area contributed by atoms with Crippen LogP contribution in [0, 0.1) is 5.92 Å². The van der Waals surface area contributed by atoms with Gasteiger partial charge in [0.1, 0.15) is 0 Å². The first-order valence-corrected chi connectivity index (χ1v) is 11.4. The number of nitrogens with one attached hydrogen (secondary N) is 1. The third-order valence-corrected chi connectivity index (χ3v) is 6.60. The molecule has 5 nitrogen and oxygen atoms in total. The number of carbonyl (C=O) groups excluding carboxylic acids is 1. The van der Waals surface area contributed by atoms with Crippen molar-refractivity contribution < 1.29 is 4.79 Å². The van der Waals surface area contributed by atoms with E-state index in [0.29, 0.717) is 10.9 Å². The fourth-order valence-electron chi connectivity index (χ4n) is 4.62. The van der Waals surface area contributed by atoms with Gasteiger partial charge in [0.15, 0.2) is 5.65 Å². The average molecular weight is 445 g/mol. The van der Waals surface area contributed by atoms with Gasteiger partial charge in [0.25, 0.3) is 0 Å². The van der Waals surface area contributed by atoms with E-state index < -0.39 is 0 Å². The molecule has 5 rings (SSSR count). The molecule has 0 bridgehead atoms. The second-order valence-electron chi connectivity index (χ2n) is 8.46. The predicted octanol–water partition coefficient (Wildman–Crippen LogP) is 6.19. The van der Waals surface area contributed by atoms with Gasteiger partial charge in [0.2, 0.25) is 5.91 Å². The van der Waals surface area contributed by atoms with Crippen LogP contribution in [0.15, 0.2) is 54.7 Å². The number of aromatic nitrogens is 3. The molecule has 2 aromatic heterocycles. The lowest BCUT2D eigenvalue weighted by Crippen LogP contribution is -2.19. The van der Waals surface area contributed by atoms with Crippen molar-refractivity contribution in [3.05, 3.63) is 71.0 Å². The molecule has 0 aliphatic heterocycles. The van der Waals surface area contributed by atoms with Crippen LogP contribution in [0.5, 0.6) is 0 Å². The summed E-state index contributed by atoms with van der Waals surface area (Å²) in [6.07, 6.45) is 6.23. The zero-order valence-electron chi connectivity index (χ0n) is 18.2. The Morgan fingerprint density at radius 1 is 1.12 bits per heavy atom. The first-order chi connectivity index (χ1) is 15.5. The number of aryl methyl sites for hydroxylation is 1. The number of carbonyl (C=O) groups is 1. The maximum absolute atomic E-state index is 11.4. The van der Waals surface area contributed by atoms with Crippen molar-refractivity contribution in [2.24, 2.45) is 5.92 Å². The molecule has 4 aromatic rings. The Morgan fingerprint density at radius 3 is 2.53 bits per heavy atom. The minimum atomic E-state index is -0.0765. The molecule has 0 spiro atoms. The lowest BCUT2D eigenvalue weighted by Gasteiger charge is -2.26. The molecule has 1 atom stereocenters. The number of anilines is 1. The van der Waals surface area contributed by atoms with E-state index in [9.17, 15) is 4.79 Å². The van der Waals surface area contributed by atoms with Crippen molar-refractivity contribution >= 4 is 28.8 Å². The minimum absolute atomic E-state index is 0.0765. The van der Waals surface area contributed by atoms with Crippen LogP contribution >= 0.6 is 11.6 Å². The number of benzene rings is 2. The second-order valence-corrected chi connectivity index (χ2v) is 8.90. The van der Waals surface area contributed by atoms with Gasteiger partial charge in [0.05, 0.1) is 11.9 Å². The van der Waals surface area contributed by atoms with Crippen molar-refractivity contribution in [3.8, 4) is 22.4 Å². The standard InChI is InChI=1S/C26H25ClN4O/c1-3-17-4-13-24-22(14-17)25(19-7-11-21(12-8-19)29-16(2)32)30-26-23(15-28-31(24)26)18-5-9-20(27)10-6-18/h5-12,15,17H,3-4,13-14H2,1-2H3,(H,29,32)/t17-/m1/s1. The van der Waals surface area contributed by atoms with Crippen LogP contribution in [0.25, 0.3) is 28.0 Å². The van der Waals surface area contributed by atoms with E-state index in [4.69, 9.17) is 21.7 Å². The van der Waals surface area contributed by atoms with Crippen LogP contribution in [0.2, 0.25) is 5.02 Å². The summed E-state index contributed by atoms with van der Waals surface area (Å²) in [5, 5.41) is 8.28. The summed E-state index contributed by atoms with van der Waals surface area (Å²) in [5.74, 6) is 0.581. The Balaban J connectivity index is 1.69. The maximum atomic E-state index is 11.4. The van der Waals surface area contributed by atoms with Crippen LogP contribution in [0.3, 0.4) is 0 Å². The summed E-state index contributed by atoms with van der Waals surface area (Å²) in [6.45, 7) is 3.78. The van der Waals surface area contributed by atoms with Crippen molar-refractivity contribution in [2.45, 2.75) is 39.5 Å². The number of hydrogen-bond donors (Lipinski definition) is 1. The second kappa shape index (κ2) is 8.40. The molecule has 0 unspecified atom stereocenters. The summed E-state index contributed by atoms with van der Waals surface area (Å²) in [7, 11) is 0. The first-order valence-electron chi connectivity index (χ1n) is 11.1. The van der Waals surface area contributed by atoms with Gasteiger partial charge in [-0.15, -0.1) is 0 Å². The molecule has 1 N–H and O–H groups in total. The fourth-order valence-corrected chi connectivity index (χ4v) is 4.75. The molecule has 2 aromatic carbocycles. The highest BCUT2D eigenvalue weighted by atomic mass is 35.5. The molecule has 0 fully saturated rings. The molecule has 1 aliphatic carbocycles. The molecule has 0 saturated heterocycles. The SMILES string of the molecule is CC[C@@H]1CCc2c(c(-c3ccc(NC(C)=O)cc3)nc3c(-c4ccc(Cl)cc4)cnn23)C1. The Hall–Kier alpha value is -3.18.